The van der Waals surface area contributed by atoms with Gasteiger partial charge in [-0.15, -0.1) is 0 Å². The molecule has 0 saturated carbocycles. The number of ether oxygens (including phenoxy) is 1. The molecule has 0 saturated heterocycles. The minimum Gasteiger partial charge on any atom is -0.444 e. The SMILES string of the molecule is CC.CC(C)(C)OC(=O)Nc1cncc(F)c1. The fourth-order valence-electron chi connectivity index (χ4n) is 0.902. The summed E-state index contributed by atoms with van der Waals surface area (Å²) in [6.07, 6.45) is 1.77. The number of halogens is 1. The fourth-order valence-corrected chi connectivity index (χ4v) is 0.902. The molecule has 1 aromatic rings. The Bertz CT molecular complexity index is 362. The highest BCUT2D eigenvalue weighted by Crippen LogP contribution is 2.11. The van der Waals surface area contributed by atoms with E-state index < -0.39 is 17.5 Å². The van der Waals surface area contributed by atoms with E-state index in [1.807, 2.05) is 13.8 Å². The number of pyridine rings is 1. The number of carbonyl (C=O) groups is 1. The number of nitrogens with one attached hydrogen (secondary N) is 1. The smallest absolute Gasteiger partial charge is 0.412 e. The second kappa shape index (κ2) is 6.83. The van der Waals surface area contributed by atoms with Gasteiger partial charge in [0.15, 0.2) is 0 Å². The molecule has 0 aliphatic carbocycles. The van der Waals surface area contributed by atoms with Gasteiger partial charge in [0.2, 0.25) is 0 Å². The predicted molar refractivity (Wildman–Crippen MR) is 65.4 cm³/mol. The molecule has 1 rings (SSSR count). The first-order chi connectivity index (χ1) is 7.87. The van der Waals surface area contributed by atoms with Crippen molar-refractivity contribution in [3.05, 3.63) is 24.3 Å². The fraction of sp³-hybridized carbons (Fsp3) is 0.500. The zero-order valence-electron chi connectivity index (χ0n) is 10.9. The Morgan fingerprint density at radius 2 is 1.94 bits per heavy atom. The molecule has 5 heteroatoms. The van der Waals surface area contributed by atoms with Crippen molar-refractivity contribution in [1.29, 1.82) is 0 Å². The molecule has 0 aliphatic rings. The molecular formula is C12H19FN2O2. The molecule has 4 nitrogen and oxygen atoms in total. The summed E-state index contributed by atoms with van der Waals surface area (Å²) in [7, 11) is 0. The lowest BCUT2D eigenvalue weighted by Gasteiger charge is -2.19. The van der Waals surface area contributed by atoms with Crippen LogP contribution in [0, 0.1) is 5.82 Å². The summed E-state index contributed by atoms with van der Waals surface area (Å²) in [6, 6.07) is 1.16. The quantitative estimate of drug-likeness (QED) is 0.818. The van der Waals surface area contributed by atoms with Crippen molar-refractivity contribution in [3.63, 3.8) is 0 Å². The van der Waals surface area contributed by atoms with Crippen molar-refractivity contribution < 1.29 is 13.9 Å². The van der Waals surface area contributed by atoms with Gasteiger partial charge in [-0.05, 0) is 20.8 Å². The van der Waals surface area contributed by atoms with Gasteiger partial charge in [0, 0.05) is 6.07 Å². The van der Waals surface area contributed by atoms with E-state index in [1.54, 1.807) is 20.8 Å². The van der Waals surface area contributed by atoms with Crippen LogP contribution in [0.1, 0.15) is 34.6 Å². The largest absolute Gasteiger partial charge is 0.444 e. The number of amides is 1. The predicted octanol–water partition coefficient (Wildman–Crippen LogP) is 3.59. The van der Waals surface area contributed by atoms with E-state index in [9.17, 15) is 9.18 Å². The van der Waals surface area contributed by atoms with Crippen LogP contribution in [0.15, 0.2) is 18.5 Å². The van der Waals surface area contributed by atoms with Crippen LogP contribution in [0.5, 0.6) is 0 Å². The van der Waals surface area contributed by atoms with Crippen molar-refractivity contribution in [2.45, 2.75) is 40.2 Å². The van der Waals surface area contributed by atoms with Gasteiger partial charge in [0.1, 0.15) is 11.4 Å². The summed E-state index contributed by atoms with van der Waals surface area (Å²) < 4.78 is 17.7. The van der Waals surface area contributed by atoms with Crippen LogP contribution in [0.2, 0.25) is 0 Å². The topological polar surface area (TPSA) is 51.2 Å². The number of carbonyl (C=O) groups excluding carboxylic acids is 1. The van der Waals surface area contributed by atoms with Gasteiger partial charge in [-0.25, -0.2) is 9.18 Å². The molecule has 17 heavy (non-hydrogen) atoms. The number of hydrogen-bond donors (Lipinski definition) is 1. The van der Waals surface area contributed by atoms with Crippen LogP contribution in [0.25, 0.3) is 0 Å². The van der Waals surface area contributed by atoms with Gasteiger partial charge in [0.05, 0.1) is 18.1 Å². The first-order valence-corrected chi connectivity index (χ1v) is 5.47. The van der Waals surface area contributed by atoms with E-state index in [0.29, 0.717) is 0 Å². The Labute approximate surface area is 101 Å². The van der Waals surface area contributed by atoms with Gasteiger partial charge in [-0.2, -0.15) is 0 Å². The highest BCUT2D eigenvalue weighted by Gasteiger charge is 2.16. The van der Waals surface area contributed by atoms with Gasteiger partial charge in [-0.1, -0.05) is 13.8 Å². The molecular weight excluding hydrogens is 223 g/mol. The molecule has 0 radical (unpaired) electrons. The Morgan fingerprint density at radius 1 is 1.35 bits per heavy atom. The summed E-state index contributed by atoms with van der Waals surface area (Å²) >= 11 is 0. The maximum absolute atomic E-state index is 12.7. The van der Waals surface area contributed by atoms with E-state index in [-0.39, 0.29) is 5.69 Å². The first kappa shape index (κ1) is 15.3. The number of aromatic nitrogens is 1. The molecule has 96 valence electrons. The number of anilines is 1. The van der Waals surface area contributed by atoms with Gasteiger partial charge < -0.3 is 4.74 Å². The lowest BCUT2D eigenvalue weighted by Crippen LogP contribution is -2.27. The minimum atomic E-state index is -0.630. The molecule has 0 atom stereocenters. The molecule has 1 N–H and O–H groups in total. The third-order valence-electron chi connectivity index (χ3n) is 1.35. The molecule has 0 unspecified atom stereocenters. The van der Waals surface area contributed by atoms with E-state index in [1.165, 1.54) is 6.20 Å². The van der Waals surface area contributed by atoms with Crippen LogP contribution in [-0.2, 0) is 4.74 Å². The van der Waals surface area contributed by atoms with Crippen LogP contribution in [0.4, 0.5) is 14.9 Å². The van der Waals surface area contributed by atoms with Gasteiger partial charge >= 0.3 is 6.09 Å². The maximum Gasteiger partial charge on any atom is 0.412 e. The Hall–Kier alpha value is -1.65. The molecule has 0 bridgehead atoms. The minimum absolute atomic E-state index is 0.268. The summed E-state index contributed by atoms with van der Waals surface area (Å²) in [5.74, 6) is -0.511. The standard InChI is InChI=1S/C10H13FN2O2.C2H6/c1-10(2,3)15-9(14)13-8-4-7(11)5-12-6-8;1-2/h4-6H,1-3H3,(H,13,14);1-2H3. The molecule has 1 amide bonds. The molecule has 1 heterocycles. The van der Waals surface area contributed by atoms with Crippen LogP contribution >= 0.6 is 0 Å². The zero-order chi connectivity index (χ0) is 13.5. The van der Waals surface area contributed by atoms with E-state index in [2.05, 4.69) is 10.3 Å². The van der Waals surface area contributed by atoms with Crippen molar-refractivity contribution in [2.24, 2.45) is 0 Å². The van der Waals surface area contributed by atoms with Crippen LogP contribution in [0.3, 0.4) is 0 Å². The third kappa shape index (κ3) is 7.27. The molecule has 0 fully saturated rings. The number of rotatable bonds is 1. The van der Waals surface area contributed by atoms with Gasteiger partial charge in [-0.3, -0.25) is 10.3 Å². The average Bonchev–Trinajstić information content (AvgIpc) is 2.17. The van der Waals surface area contributed by atoms with Crippen LogP contribution < -0.4 is 5.32 Å². The molecule has 1 aromatic heterocycles. The molecule has 0 spiro atoms. The lowest BCUT2D eigenvalue weighted by atomic mass is 10.2. The molecule has 0 aromatic carbocycles. The summed E-state index contributed by atoms with van der Waals surface area (Å²) in [6.45, 7) is 9.24. The second-order valence-corrected chi connectivity index (χ2v) is 4.02. The number of nitrogens with zero attached hydrogens (tertiary/aromatic N) is 1. The van der Waals surface area contributed by atoms with Crippen molar-refractivity contribution in [3.8, 4) is 0 Å². The zero-order valence-corrected chi connectivity index (χ0v) is 10.9. The lowest BCUT2D eigenvalue weighted by molar-refractivity contribution is 0.0636. The highest BCUT2D eigenvalue weighted by molar-refractivity contribution is 5.84. The summed E-state index contributed by atoms with van der Waals surface area (Å²) in [5, 5.41) is 2.38. The maximum atomic E-state index is 12.7. The van der Waals surface area contributed by atoms with Crippen LogP contribution in [-0.4, -0.2) is 16.7 Å². The average molecular weight is 242 g/mol. The van der Waals surface area contributed by atoms with Crippen molar-refractivity contribution in [2.75, 3.05) is 5.32 Å². The second-order valence-electron chi connectivity index (χ2n) is 4.02. The monoisotopic (exact) mass is 242 g/mol. The van der Waals surface area contributed by atoms with E-state index >= 15 is 0 Å². The first-order valence-electron chi connectivity index (χ1n) is 5.47. The summed E-state index contributed by atoms with van der Waals surface area (Å²) in [4.78, 5) is 14.8. The van der Waals surface area contributed by atoms with E-state index in [4.69, 9.17) is 4.74 Å². The van der Waals surface area contributed by atoms with Crippen molar-refractivity contribution >= 4 is 11.8 Å². The number of hydrogen-bond acceptors (Lipinski definition) is 3. The Balaban J connectivity index is 0.00000121. The summed E-state index contributed by atoms with van der Waals surface area (Å²) in [5.41, 5.74) is -0.311. The van der Waals surface area contributed by atoms with Crippen molar-refractivity contribution in [1.82, 2.24) is 4.98 Å². The van der Waals surface area contributed by atoms with E-state index in [0.717, 1.165) is 12.3 Å². The Morgan fingerprint density at radius 3 is 2.41 bits per heavy atom. The third-order valence-corrected chi connectivity index (χ3v) is 1.35. The molecule has 0 aliphatic heterocycles. The normalized spacial score (nSPS) is 10.0. The Kier molecular flexibility index (Phi) is 6.17. The van der Waals surface area contributed by atoms with Gasteiger partial charge in [0.25, 0.3) is 0 Å². The highest BCUT2D eigenvalue weighted by atomic mass is 19.1.